The van der Waals surface area contributed by atoms with E-state index < -0.39 is 53.4 Å². The molecule has 302 valence electrons. The first-order valence-corrected chi connectivity index (χ1v) is 19.7. The molecule has 4 rings (SSSR count). The van der Waals surface area contributed by atoms with Gasteiger partial charge in [-0.05, 0) is 48.6 Å². The van der Waals surface area contributed by atoms with Gasteiger partial charge in [0.25, 0.3) is 5.60 Å². The van der Waals surface area contributed by atoms with E-state index in [1.54, 1.807) is 6.92 Å². The molecule has 2 fully saturated rings. The number of carbonyl (C=O) groups excluding carboxylic acids is 5. The van der Waals surface area contributed by atoms with Crippen LogP contribution < -0.4 is 21.3 Å². The number of ether oxygens (including phenoxy) is 3. The predicted octanol–water partition coefficient (Wildman–Crippen LogP) is 2.11. The van der Waals surface area contributed by atoms with E-state index in [1.165, 1.54) is 0 Å². The van der Waals surface area contributed by atoms with E-state index in [4.69, 9.17) is 9.47 Å². The van der Waals surface area contributed by atoms with Gasteiger partial charge in [0, 0.05) is 33.0 Å². The summed E-state index contributed by atoms with van der Waals surface area (Å²) in [4.78, 5) is 70.7. The van der Waals surface area contributed by atoms with Gasteiger partial charge in [-0.1, -0.05) is 88.4 Å². The molecule has 55 heavy (non-hydrogen) atoms. The highest BCUT2D eigenvalue weighted by atomic mass is 16.6. The number of amides is 4. The normalized spacial score (nSPS) is 19.2. The number of morpholine rings is 1. The van der Waals surface area contributed by atoms with E-state index in [0.29, 0.717) is 52.2 Å². The molecule has 13 nitrogen and oxygen atoms in total. The third-order valence-electron chi connectivity index (χ3n) is 9.86. The fraction of sp³-hybridized carbons (Fsp3) is 0.595. The highest BCUT2D eigenvalue weighted by molar-refractivity contribution is 5.98. The van der Waals surface area contributed by atoms with E-state index in [9.17, 15) is 24.0 Å². The Balaban J connectivity index is 1.46. The van der Waals surface area contributed by atoms with Crippen LogP contribution in [0.3, 0.4) is 0 Å². The fourth-order valence-electron chi connectivity index (χ4n) is 6.58. The number of aliphatic hydroxyl groups is 2. The maximum Gasteiger partial charge on any atom is 0.292 e. The van der Waals surface area contributed by atoms with Crippen LogP contribution in [0.1, 0.15) is 65.0 Å². The number of carbonyl (C=O) groups is 5. The van der Waals surface area contributed by atoms with Crippen molar-refractivity contribution in [2.45, 2.75) is 96.5 Å². The van der Waals surface area contributed by atoms with Crippen LogP contribution >= 0.6 is 0 Å². The third kappa shape index (κ3) is 15.1. The van der Waals surface area contributed by atoms with E-state index in [2.05, 4.69) is 30.9 Å². The summed E-state index contributed by atoms with van der Waals surface area (Å²) in [5.74, 6) is -1.97. The minimum atomic E-state index is -1.03. The molecule has 2 aromatic carbocycles. The molecule has 2 aromatic rings. The van der Waals surface area contributed by atoms with Crippen molar-refractivity contribution in [3.63, 3.8) is 0 Å². The zero-order valence-electron chi connectivity index (χ0n) is 33.2. The van der Waals surface area contributed by atoms with Crippen molar-refractivity contribution in [2.75, 3.05) is 52.7 Å². The average Bonchev–Trinajstić information content (AvgIpc) is 3.92. The molecule has 4 amide bonds. The van der Waals surface area contributed by atoms with Crippen LogP contribution in [0.25, 0.3) is 0 Å². The fourth-order valence-corrected chi connectivity index (χ4v) is 6.58. The summed E-state index contributed by atoms with van der Waals surface area (Å²) in [5, 5.41) is 11.6. The van der Waals surface area contributed by atoms with Gasteiger partial charge in [-0.2, -0.15) is 0 Å². The van der Waals surface area contributed by atoms with Gasteiger partial charge in [-0.15, -0.1) is 0 Å². The molecule has 0 saturated carbocycles. The summed E-state index contributed by atoms with van der Waals surface area (Å²) in [6.07, 6.45) is 1.70. The first kappa shape index (κ1) is 43.6. The number of nitrogens with zero attached hydrogens (tertiary/aromatic N) is 1. The molecule has 13 heteroatoms. The number of benzene rings is 2. The number of aryl methyl sites for hydroxylation is 1. The van der Waals surface area contributed by atoms with Crippen LogP contribution in [-0.4, -0.2) is 121 Å². The quantitative estimate of drug-likeness (QED) is 0.0759. The number of epoxide rings is 1. The zero-order valence-corrected chi connectivity index (χ0v) is 33.2. The number of nitrogens with one attached hydrogen (secondary N) is 4. The van der Waals surface area contributed by atoms with Crippen LogP contribution in [0, 0.1) is 11.8 Å². The molecule has 2 saturated heterocycles. The second-order valence-corrected chi connectivity index (χ2v) is 15.7. The molecule has 0 bridgehead atoms. The van der Waals surface area contributed by atoms with Crippen molar-refractivity contribution >= 4 is 29.4 Å². The number of Topliss-reactive ketones (excluding diaryl/α,β-unsaturated/α-hetero) is 1. The van der Waals surface area contributed by atoms with Crippen molar-refractivity contribution in [1.82, 2.24) is 26.2 Å². The van der Waals surface area contributed by atoms with Gasteiger partial charge in [0.05, 0.1) is 25.9 Å². The van der Waals surface area contributed by atoms with E-state index >= 15 is 0 Å². The topological polar surface area (TPSA) is 168 Å². The van der Waals surface area contributed by atoms with Crippen LogP contribution in [0.15, 0.2) is 60.7 Å². The molecule has 0 radical (unpaired) electrons. The van der Waals surface area contributed by atoms with Gasteiger partial charge < -0.3 is 35.5 Å². The molecule has 2 aliphatic rings. The number of ketones is 1. The number of rotatable bonds is 23. The van der Waals surface area contributed by atoms with Gasteiger partial charge in [-0.3, -0.25) is 28.9 Å². The van der Waals surface area contributed by atoms with Crippen LogP contribution in [0.5, 0.6) is 0 Å². The Bertz CT molecular complexity index is 1530. The Hall–Kier alpha value is -4.17. The van der Waals surface area contributed by atoms with E-state index in [1.807, 2.05) is 88.4 Å². The van der Waals surface area contributed by atoms with Gasteiger partial charge in [0.2, 0.25) is 36.0 Å². The number of hydrogen-bond donors (Lipinski definition) is 4. The Morgan fingerprint density at radius 2 is 1.27 bits per heavy atom. The summed E-state index contributed by atoms with van der Waals surface area (Å²) >= 11 is 0. The van der Waals surface area contributed by atoms with Crippen LogP contribution in [0.4, 0.5) is 0 Å². The molecule has 2 unspecified atom stereocenters. The second kappa shape index (κ2) is 21.8. The SMILES string of the molecule is CC(C)CC(NC(=O)[C@H](CCc1ccccc1)NC(=O)COCCN1CCOCC1)C(=O)N[C@@H](Cc1ccccc1)C(=O)NC(CC(C)C)C(=O)[C@@]1(C)C[OH+]1. The second-order valence-electron chi connectivity index (χ2n) is 15.7. The van der Waals surface area contributed by atoms with E-state index in [-0.39, 0.29) is 37.1 Å². The lowest BCUT2D eigenvalue weighted by atomic mass is 9.93. The van der Waals surface area contributed by atoms with Crippen LogP contribution in [0.2, 0.25) is 0 Å². The number of hydrogen-bond acceptors (Lipinski definition) is 8. The molecule has 0 aliphatic carbocycles. The minimum Gasteiger partial charge on any atom is -0.411 e. The molecule has 5 atom stereocenters. The molecule has 0 aromatic heterocycles. The first-order chi connectivity index (χ1) is 26.3. The van der Waals surface area contributed by atoms with E-state index in [0.717, 1.165) is 24.2 Å². The molecule has 2 aliphatic heterocycles. The lowest BCUT2D eigenvalue weighted by Crippen LogP contribution is -2.59. The summed E-state index contributed by atoms with van der Waals surface area (Å²) in [6, 6.07) is 15.2. The predicted molar refractivity (Wildman–Crippen MR) is 210 cm³/mol. The third-order valence-corrected chi connectivity index (χ3v) is 9.86. The molecule has 2 heterocycles. The van der Waals surface area contributed by atoms with Crippen molar-refractivity contribution in [3.05, 3.63) is 71.8 Å². The Morgan fingerprint density at radius 3 is 1.87 bits per heavy atom. The van der Waals surface area contributed by atoms with Crippen molar-refractivity contribution in [2.24, 2.45) is 11.8 Å². The van der Waals surface area contributed by atoms with Crippen molar-refractivity contribution in [1.29, 1.82) is 0 Å². The average molecular weight is 765 g/mol. The summed E-state index contributed by atoms with van der Waals surface area (Å²) < 4.78 is 15.3. The smallest absolute Gasteiger partial charge is 0.292 e. The Labute approximate surface area is 326 Å². The highest BCUT2D eigenvalue weighted by Gasteiger charge is 2.58. The monoisotopic (exact) mass is 764 g/mol. The maximum absolute atomic E-state index is 14.1. The largest absolute Gasteiger partial charge is 0.411 e. The molecular weight excluding hydrogens is 702 g/mol. The summed E-state index contributed by atoms with van der Waals surface area (Å²) in [5.41, 5.74) is 1.01. The van der Waals surface area contributed by atoms with Gasteiger partial charge >= 0.3 is 0 Å². The lowest BCUT2D eigenvalue weighted by Gasteiger charge is -2.28. The van der Waals surface area contributed by atoms with Gasteiger partial charge in [0.1, 0.15) is 24.7 Å². The first-order valence-electron chi connectivity index (χ1n) is 19.7. The summed E-state index contributed by atoms with van der Waals surface area (Å²) in [7, 11) is 0. The molecule has 0 spiro atoms. The maximum atomic E-state index is 14.1. The Kier molecular flexibility index (Phi) is 17.3. The highest BCUT2D eigenvalue weighted by Crippen LogP contribution is 2.26. The van der Waals surface area contributed by atoms with Gasteiger partial charge in [0.15, 0.2) is 0 Å². The Morgan fingerprint density at radius 1 is 0.745 bits per heavy atom. The van der Waals surface area contributed by atoms with Crippen molar-refractivity contribution < 1.29 is 38.2 Å². The van der Waals surface area contributed by atoms with Crippen molar-refractivity contribution in [3.8, 4) is 0 Å². The minimum absolute atomic E-state index is 0.00533. The molecule has 5 N–H and O–H groups in total. The van der Waals surface area contributed by atoms with Gasteiger partial charge in [-0.25, -0.2) is 0 Å². The standard InChI is InChI=1S/C42H61N5O8/c1-29(2)24-34(38(49)42(5)28-55-42)44-41(52)36(26-32-14-10-7-11-15-32)46-40(51)35(25-30(3)4)45-39(50)33(17-16-31-12-8-6-9-13-31)43-37(48)27-54-23-20-47-18-21-53-22-19-47/h6-15,29-30,33-36H,16-28H2,1-5H3,(H,43,48)(H,44,52)(H,45,50)(H,46,51)/p+1/t33-,34?,35?,36-,42+/m0/s1. The molecular formula is C42H62N5O8+. The summed E-state index contributed by atoms with van der Waals surface area (Å²) in [6.45, 7) is 13.8. The lowest BCUT2D eigenvalue weighted by molar-refractivity contribution is -0.136. The zero-order chi connectivity index (χ0) is 39.8. The van der Waals surface area contributed by atoms with Crippen LogP contribution in [-0.2, 0) is 46.3 Å².